The molecule has 1 amide bonds. The molecule has 154 valence electrons. The van der Waals surface area contributed by atoms with Gasteiger partial charge >= 0.3 is 5.76 Å². The van der Waals surface area contributed by atoms with Crippen LogP contribution in [0.3, 0.4) is 0 Å². The Morgan fingerprint density at radius 1 is 1.27 bits per heavy atom. The maximum atomic E-state index is 13.0. The van der Waals surface area contributed by atoms with Gasteiger partial charge in [-0.05, 0) is 31.9 Å². The summed E-state index contributed by atoms with van der Waals surface area (Å²) >= 11 is 0. The molecule has 1 atom stereocenters. The Morgan fingerprint density at radius 3 is 2.97 bits per heavy atom. The Morgan fingerprint density at radius 2 is 2.10 bits per heavy atom. The number of nitrogens with zero attached hydrogens (tertiary/aromatic N) is 4. The molecule has 30 heavy (non-hydrogen) atoms. The largest absolute Gasteiger partial charge is 0.420 e. The van der Waals surface area contributed by atoms with Crippen molar-refractivity contribution in [3.05, 3.63) is 68.7 Å². The van der Waals surface area contributed by atoms with E-state index in [4.69, 9.17) is 4.42 Å². The van der Waals surface area contributed by atoms with E-state index in [0.29, 0.717) is 35.5 Å². The zero-order chi connectivity index (χ0) is 20.8. The minimum atomic E-state index is -0.533. The van der Waals surface area contributed by atoms with Crippen LogP contribution in [0.25, 0.3) is 16.7 Å². The second-order valence-electron chi connectivity index (χ2n) is 7.74. The van der Waals surface area contributed by atoms with Gasteiger partial charge < -0.3 is 9.32 Å². The highest BCUT2D eigenvalue weighted by molar-refractivity contribution is 5.79. The number of oxazole rings is 1. The number of carbonyl (C=O) groups excluding carboxylic acids is 1. The summed E-state index contributed by atoms with van der Waals surface area (Å²) in [6, 6.07) is 10.4. The number of aromatic nitrogens is 4. The predicted molar refractivity (Wildman–Crippen MR) is 110 cm³/mol. The fraction of sp³-hybridized carbons (Fsp3) is 0.333. The Bertz CT molecular complexity index is 1380. The molecule has 1 fully saturated rings. The van der Waals surface area contributed by atoms with Crippen LogP contribution < -0.4 is 11.3 Å². The number of aromatic amines is 1. The van der Waals surface area contributed by atoms with Crippen molar-refractivity contribution in [2.24, 2.45) is 0 Å². The summed E-state index contributed by atoms with van der Waals surface area (Å²) in [5, 5.41) is 3.13. The molecule has 4 heterocycles. The van der Waals surface area contributed by atoms with Gasteiger partial charge in [0.25, 0.3) is 5.56 Å². The SMILES string of the molecule is Cc1cc(=O)n2[nH]c([C@@H]3CCCN(C(=O)Cn4c(=O)oc5ccccc54)C3)cc2n1. The number of amides is 1. The summed E-state index contributed by atoms with van der Waals surface area (Å²) in [6.07, 6.45) is 1.74. The van der Waals surface area contributed by atoms with Gasteiger partial charge in [0, 0.05) is 42.5 Å². The summed E-state index contributed by atoms with van der Waals surface area (Å²) in [5.41, 5.74) is 3.06. The topological polar surface area (TPSA) is 106 Å². The molecule has 1 aromatic carbocycles. The normalized spacial score (nSPS) is 17.1. The first-order valence-electron chi connectivity index (χ1n) is 9.95. The van der Waals surface area contributed by atoms with Crippen molar-refractivity contribution in [3.8, 4) is 0 Å². The smallest absolute Gasteiger partial charge is 0.408 e. The van der Waals surface area contributed by atoms with Crippen molar-refractivity contribution in [1.29, 1.82) is 0 Å². The van der Waals surface area contributed by atoms with Crippen LogP contribution in [-0.2, 0) is 11.3 Å². The van der Waals surface area contributed by atoms with Crippen LogP contribution in [0.15, 0.2) is 50.4 Å². The fourth-order valence-corrected chi connectivity index (χ4v) is 4.19. The lowest BCUT2D eigenvalue weighted by atomic mass is 9.95. The third kappa shape index (κ3) is 3.12. The number of hydrogen-bond donors (Lipinski definition) is 1. The maximum Gasteiger partial charge on any atom is 0.420 e. The molecule has 1 aliphatic rings. The molecule has 0 radical (unpaired) electrons. The first kappa shape index (κ1) is 18.4. The van der Waals surface area contributed by atoms with E-state index in [9.17, 15) is 14.4 Å². The molecule has 1 N–H and O–H groups in total. The van der Waals surface area contributed by atoms with Gasteiger partial charge in [-0.2, -0.15) is 0 Å². The lowest BCUT2D eigenvalue weighted by molar-refractivity contribution is -0.133. The number of carbonyl (C=O) groups is 1. The summed E-state index contributed by atoms with van der Waals surface area (Å²) in [4.78, 5) is 43.5. The molecular weight excluding hydrogens is 386 g/mol. The highest BCUT2D eigenvalue weighted by Gasteiger charge is 2.27. The number of piperidine rings is 1. The number of nitrogens with one attached hydrogen (secondary N) is 1. The second kappa shape index (κ2) is 7.01. The number of benzene rings is 1. The Kier molecular flexibility index (Phi) is 4.30. The fourth-order valence-electron chi connectivity index (χ4n) is 4.19. The van der Waals surface area contributed by atoms with Gasteiger partial charge in [0.15, 0.2) is 11.2 Å². The monoisotopic (exact) mass is 407 g/mol. The molecule has 0 spiro atoms. The lowest BCUT2D eigenvalue weighted by Gasteiger charge is -2.32. The molecule has 9 nitrogen and oxygen atoms in total. The molecule has 0 bridgehead atoms. The molecular formula is C21H21N5O4. The molecule has 9 heteroatoms. The van der Waals surface area contributed by atoms with E-state index < -0.39 is 5.76 Å². The van der Waals surface area contributed by atoms with E-state index in [0.717, 1.165) is 18.5 Å². The summed E-state index contributed by atoms with van der Waals surface area (Å²) in [5.74, 6) is -0.591. The van der Waals surface area contributed by atoms with Crippen molar-refractivity contribution < 1.29 is 9.21 Å². The van der Waals surface area contributed by atoms with Gasteiger partial charge in [-0.1, -0.05) is 12.1 Å². The molecule has 4 aromatic rings. The quantitative estimate of drug-likeness (QED) is 0.556. The van der Waals surface area contributed by atoms with E-state index in [1.165, 1.54) is 15.1 Å². The Hall–Kier alpha value is -3.62. The number of hydrogen-bond acceptors (Lipinski definition) is 5. The van der Waals surface area contributed by atoms with Crippen LogP contribution in [-0.4, -0.2) is 43.1 Å². The standard InChI is InChI=1S/C21H21N5O4/c1-13-9-19(27)26-18(22-13)10-15(23-26)14-5-4-8-24(11-14)20(28)12-25-16-6-2-3-7-17(16)30-21(25)29/h2-3,6-7,9-10,14,23H,4-5,8,11-12H2,1H3/t14-/m1/s1. The third-order valence-corrected chi connectivity index (χ3v) is 5.68. The van der Waals surface area contributed by atoms with Crippen LogP contribution in [0.5, 0.6) is 0 Å². The molecule has 1 saturated heterocycles. The first-order chi connectivity index (χ1) is 14.5. The van der Waals surface area contributed by atoms with Gasteiger partial charge in [0.05, 0.1) is 5.52 Å². The highest BCUT2D eigenvalue weighted by atomic mass is 16.4. The minimum Gasteiger partial charge on any atom is -0.408 e. The Labute approximate surface area is 170 Å². The third-order valence-electron chi connectivity index (χ3n) is 5.68. The van der Waals surface area contributed by atoms with Crippen molar-refractivity contribution in [2.45, 2.75) is 32.2 Å². The molecule has 0 aliphatic carbocycles. The van der Waals surface area contributed by atoms with Crippen LogP contribution in [0.2, 0.25) is 0 Å². The van der Waals surface area contributed by atoms with Crippen LogP contribution in [0, 0.1) is 6.92 Å². The van der Waals surface area contributed by atoms with Crippen LogP contribution in [0.1, 0.15) is 30.1 Å². The zero-order valence-electron chi connectivity index (χ0n) is 16.5. The number of H-pyrrole nitrogens is 1. The summed E-state index contributed by atoms with van der Waals surface area (Å²) in [6.45, 7) is 2.88. The van der Waals surface area contributed by atoms with E-state index in [1.54, 1.807) is 30.0 Å². The molecule has 1 aliphatic heterocycles. The minimum absolute atomic E-state index is 0.0600. The van der Waals surface area contributed by atoms with E-state index >= 15 is 0 Å². The van der Waals surface area contributed by atoms with Crippen LogP contribution in [0.4, 0.5) is 0 Å². The van der Waals surface area contributed by atoms with Gasteiger partial charge in [0.1, 0.15) is 6.54 Å². The first-order valence-corrected chi connectivity index (χ1v) is 9.95. The summed E-state index contributed by atoms with van der Waals surface area (Å²) in [7, 11) is 0. The molecule has 0 saturated carbocycles. The van der Waals surface area contributed by atoms with E-state index in [-0.39, 0.29) is 23.9 Å². The van der Waals surface area contributed by atoms with Gasteiger partial charge in [-0.25, -0.2) is 14.3 Å². The number of aryl methyl sites for hydroxylation is 1. The lowest BCUT2D eigenvalue weighted by Crippen LogP contribution is -2.41. The average Bonchev–Trinajstić information content (AvgIpc) is 3.29. The molecule has 3 aromatic heterocycles. The average molecular weight is 407 g/mol. The predicted octanol–water partition coefficient (Wildman–Crippen LogP) is 1.65. The highest BCUT2D eigenvalue weighted by Crippen LogP contribution is 2.26. The van der Waals surface area contributed by atoms with E-state index in [2.05, 4.69) is 10.1 Å². The van der Waals surface area contributed by atoms with Gasteiger partial charge in [0.2, 0.25) is 5.91 Å². The number of rotatable bonds is 3. The number of likely N-dealkylation sites (tertiary alicyclic amines) is 1. The van der Waals surface area contributed by atoms with Crippen LogP contribution >= 0.6 is 0 Å². The molecule has 5 rings (SSSR count). The molecule has 0 unspecified atom stereocenters. The van der Waals surface area contributed by atoms with Gasteiger partial charge in [-0.3, -0.25) is 19.3 Å². The Balaban J connectivity index is 1.38. The maximum absolute atomic E-state index is 13.0. The van der Waals surface area contributed by atoms with Crippen molar-refractivity contribution in [3.63, 3.8) is 0 Å². The summed E-state index contributed by atoms with van der Waals surface area (Å²) < 4.78 is 8.03. The van der Waals surface area contributed by atoms with Gasteiger partial charge in [-0.15, -0.1) is 0 Å². The van der Waals surface area contributed by atoms with Crippen molar-refractivity contribution in [2.75, 3.05) is 13.1 Å². The number of para-hydroxylation sites is 2. The van der Waals surface area contributed by atoms with Crippen molar-refractivity contribution >= 4 is 22.7 Å². The van der Waals surface area contributed by atoms with Crippen molar-refractivity contribution in [1.82, 2.24) is 24.1 Å². The number of fused-ring (bicyclic) bond motifs is 2. The zero-order valence-corrected chi connectivity index (χ0v) is 16.5. The van der Waals surface area contributed by atoms with E-state index in [1.807, 2.05) is 12.1 Å². The second-order valence-corrected chi connectivity index (χ2v) is 7.74.